The number of hydrogen-bond acceptors (Lipinski definition) is 25. The average molecular weight is 1270 g/mol. The Kier molecular flexibility index (Phi) is 48.0. The van der Waals surface area contributed by atoms with Gasteiger partial charge in [0.05, 0.1) is 18.2 Å². The molecule has 10 aromatic heterocycles. The molecule has 0 aliphatic carbocycles. The maximum atomic E-state index is 10.4. The Balaban J connectivity index is -0.000000908. The second kappa shape index (κ2) is 50.9. The van der Waals surface area contributed by atoms with Crippen molar-refractivity contribution in [1.29, 1.82) is 0 Å². The second-order valence-corrected chi connectivity index (χ2v) is 23.3. The molecule has 0 unspecified atom stereocenters. The molecule has 13 N–H and O–H groups in total. The number of nitrogens with zero attached hydrogens (tertiary/aromatic N) is 14. The highest BCUT2D eigenvalue weighted by Crippen LogP contribution is 2.19. The molecule has 89 heavy (non-hydrogen) atoms. The molecule has 0 spiro atoms. The summed E-state index contributed by atoms with van der Waals surface area (Å²) in [6.07, 6.45) is 11.1. The lowest BCUT2D eigenvalue weighted by atomic mass is 10.2. The molecule has 0 aliphatic rings. The highest BCUT2D eigenvalue weighted by molar-refractivity contribution is 7.15. The van der Waals surface area contributed by atoms with Crippen LogP contribution in [0.4, 0.5) is 11.1 Å². The number of hydrogen-bond donors (Lipinski definition) is 11. The van der Waals surface area contributed by atoms with E-state index in [-0.39, 0.29) is 40.6 Å². The second-order valence-electron chi connectivity index (χ2n) is 22.3. The van der Waals surface area contributed by atoms with Crippen LogP contribution in [0.3, 0.4) is 0 Å². The Labute approximate surface area is 523 Å². The van der Waals surface area contributed by atoms with Crippen molar-refractivity contribution in [2.24, 2.45) is 17.8 Å². The molecule has 0 aromatic carbocycles. The van der Waals surface area contributed by atoms with Crippen LogP contribution in [0.2, 0.25) is 0 Å². The number of nitrogens with one attached hydrogen (secondary N) is 9. The van der Waals surface area contributed by atoms with Crippen molar-refractivity contribution >= 4 is 22.5 Å². The summed E-state index contributed by atoms with van der Waals surface area (Å²) < 4.78 is 18.0. The maximum absolute atomic E-state index is 10.4. The Morgan fingerprint density at radius 2 is 1.17 bits per heavy atom. The van der Waals surface area contributed by atoms with E-state index in [9.17, 15) is 19.2 Å². The Morgan fingerprint density at radius 3 is 1.36 bits per heavy atom. The summed E-state index contributed by atoms with van der Waals surface area (Å²) in [5, 5.41) is 62.3. The van der Waals surface area contributed by atoms with Crippen molar-refractivity contribution in [3.8, 4) is 0 Å². The van der Waals surface area contributed by atoms with Crippen LogP contribution in [-0.2, 0) is 0 Å². The third kappa shape index (κ3) is 51.7. The summed E-state index contributed by atoms with van der Waals surface area (Å²) in [4.78, 5) is 53.4. The minimum absolute atomic E-state index is 0.138. The van der Waals surface area contributed by atoms with Gasteiger partial charge >= 0.3 is 23.1 Å². The Hall–Kier alpha value is -9.24. The van der Waals surface area contributed by atoms with Gasteiger partial charge in [0.1, 0.15) is 29.2 Å². The topological polar surface area (TPSA) is 495 Å². The van der Waals surface area contributed by atoms with Crippen LogP contribution < -0.4 is 34.1 Å². The molecule has 500 valence electrons. The van der Waals surface area contributed by atoms with E-state index >= 15 is 0 Å². The number of aromatic nitrogens is 23. The van der Waals surface area contributed by atoms with Crippen molar-refractivity contribution in [3.63, 3.8) is 0 Å². The van der Waals surface area contributed by atoms with Crippen LogP contribution in [0, 0.1) is 17.8 Å². The minimum atomic E-state index is -0.487. The molecule has 0 saturated carbocycles. The highest BCUT2D eigenvalue weighted by atomic mass is 32.1. The standard InChI is InChI=1S/2C5H9N3O.C5H9N3S.2C5H9N3.C5H8N2O2.C4H8N4.3C4H10.C3H4N2.2C3H3NO2/c1-3(2)4-7-8-5(6)9-4;1-3(2)4-6-5(9)8-7-4;1-3(2)4-7-8-5(6)9-4;1-4(2)5-6-3-7-8-5;1-4(2)5-3-6-8-7-5;1-3(2)4-6-7-5(8)9-4;1-3(2)4-5-7-8-6-4;3*1-4(2)3;1-2-5-3-4-1;5-3-1-2-6-4-3;5-3-1-2-4-6-3/h3H,1-2H3,(H2,6,8);3H,1-2H3,(H2,6,7,8,9);3H,1-2H3,(H2,6,8);2*3-4H,1-2H3,(H,6,7,8);3H,1-2H3,(H,7,8);3H,1-2H3,(H,5,6,7,8);3*4H,1-3H3;1-3H,(H,4,5);1-2H,(H,4,5);1-2,4H. The van der Waals surface area contributed by atoms with E-state index in [1.165, 1.54) is 42.3 Å². The third-order valence-electron chi connectivity index (χ3n) is 8.10. The number of anilines is 2. The number of tetrazole rings is 1. The van der Waals surface area contributed by atoms with Crippen molar-refractivity contribution in [1.82, 2.24) is 117 Å². The van der Waals surface area contributed by atoms with Crippen LogP contribution in [-0.4, -0.2) is 117 Å². The number of imidazole rings is 1. The lowest BCUT2D eigenvalue weighted by molar-refractivity contribution is 0.391. The van der Waals surface area contributed by atoms with Crippen LogP contribution in [0.25, 0.3) is 0 Å². The summed E-state index contributed by atoms with van der Waals surface area (Å²) >= 11 is 1.45. The fourth-order valence-corrected chi connectivity index (χ4v) is 4.68. The molecule has 0 aliphatic heterocycles. The van der Waals surface area contributed by atoms with Gasteiger partial charge in [-0.3, -0.25) is 14.9 Å². The van der Waals surface area contributed by atoms with Gasteiger partial charge in [0, 0.05) is 66.2 Å². The van der Waals surface area contributed by atoms with Gasteiger partial charge in [0.2, 0.25) is 16.9 Å². The highest BCUT2D eigenvalue weighted by Gasteiger charge is 2.07. The largest absolute Gasteiger partial charge is 0.434 e. The predicted octanol–water partition coefficient (Wildman–Crippen LogP) is 10.2. The molecule has 0 fully saturated rings. The summed E-state index contributed by atoms with van der Waals surface area (Å²) in [5.41, 5.74) is 10.8. The van der Waals surface area contributed by atoms with Crippen molar-refractivity contribution in [2.45, 2.75) is 201 Å². The number of rotatable bonds is 7. The first-order valence-corrected chi connectivity index (χ1v) is 29.5. The van der Waals surface area contributed by atoms with Gasteiger partial charge in [-0.05, 0) is 23.7 Å². The monoisotopic (exact) mass is 1270 g/mol. The van der Waals surface area contributed by atoms with Crippen molar-refractivity contribution in [3.05, 3.63) is 138 Å². The summed E-state index contributed by atoms with van der Waals surface area (Å²) in [7, 11) is 0. The van der Waals surface area contributed by atoms with E-state index in [4.69, 9.17) is 15.9 Å². The molecule has 0 atom stereocenters. The van der Waals surface area contributed by atoms with E-state index in [0.29, 0.717) is 46.4 Å². The average Bonchev–Trinajstić information content (AvgIpc) is 4.52. The SMILES string of the molecule is CC(C)C.CC(C)C.CC(C)C.CC(C)c1cn[nH]n1.CC(C)c1n[nH]c(=O)[nH]1.CC(C)c1n[nH]c(=O)o1.CC(C)c1ncn[nH]1.CC(C)c1nn[nH]n1.CC(C)c1nnc(N)o1.CC(C)c1nnc(N)s1.O=c1cc[nH]o1.O=c1cco[nH]1.c1c[nH]cn1. The normalized spacial score (nSPS) is 9.90. The van der Waals surface area contributed by atoms with Crippen LogP contribution >= 0.6 is 11.3 Å². The lowest BCUT2D eigenvalue weighted by Crippen LogP contribution is -2.01. The number of nitrogens with two attached hydrogens (primary N) is 2. The quantitative estimate of drug-likeness (QED) is 0.0706. The molecule has 10 rings (SSSR count). The molecule has 10 aromatic rings. The number of H-pyrrole nitrogens is 9. The first-order valence-electron chi connectivity index (χ1n) is 28.7. The van der Waals surface area contributed by atoms with Crippen molar-refractivity contribution in [2.75, 3.05) is 11.5 Å². The first kappa shape index (κ1) is 84.0. The van der Waals surface area contributed by atoms with E-state index in [0.717, 1.165) is 40.1 Å². The summed E-state index contributed by atoms with van der Waals surface area (Å²) in [5.74, 6) is 7.95. The van der Waals surface area contributed by atoms with Gasteiger partial charge in [-0.1, -0.05) is 181 Å². The Bertz CT molecular complexity index is 2940. The van der Waals surface area contributed by atoms with Gasteiger partial charge in [0.25, 0.3) is 5.56 Å². The summed E-state index contributed by atoms with van der Waals surface area (Å²) in [6.45, 7) is 47.6. The van der Waals surface area contributed by atoms with E-state index in [2.05, 4.69) is 235 Å². The zero-order valence-electron chi connectivity index (χ0n) is 56.1. The molecule has 33 nitrogen and oxygen atoms in total. The predicted molar refractivity (Wildman–Crippen MR) is 344 cm³/mol. The van der Waals surface area contributed by atoms with Crippen LogP contribution in [0.5, 0.6) is 0 Å². The zero-order chi connectivity index (χ0) is 68.4. The summed E-state index contributed by atoms with van der Waals surface area (Å²) in [6, 6.07) is 2.75. The molecular weight excluding hydrogens is 1170 g/mol. The van der Waals surface area contributed by atoms with E-state index in [1.807, 2.05) is 55.4 Å². The zero-order valence-corrected chi connectivity index (χ0v) is 56.9. The molecule has 0 saturated heterocycles. The van der Waals surface area contributed by atoms with Gasteiger partial charge < -0.3 is 34.3 Å². The molecular formula is C55H101N25O8S. The molecule has 34 heteroatoms. The van der Waals surface area contributed by atoms with E-state index in [1.54, 1.807) is 24.9 Å². The third-order valence-corrected chi connectivity index (χ3v) is 9.15. The molecule has 0 radical (unpaired) electrons. The van der Waals surface area contributed by atoms with Gasteiger partial charge in [-0.25, -0.2) is 39.7 Å². The van der Waals surface area contributed by atoms with Crippen LogP contribution in [0.1, 0.15) is 241 Å². The van der Waals surface area contributed by atoms with Gasteiger partial charge in [-0.15, -0.1) is 30.6 Å². The maximum Gasteiger partial charge on any atom is 0.434 e. The number of aromatic amines is 9. The lowest BCUT2D eigenvalue weighted by Gasteiger charge is -1.93. The minimum Gasteiger partial charge on any atom is -0.408 e. The smallest absolute Gasteiger partial charge is 0.408 e. The Morgan fingerprint density at radius 1 is 0.551 bits per heavy atom. The van der Waals surface area contributed by atoms with Gasteiger partial charge in [-0.2, -0.15) is 36.0 Å². The molecule has 0 bridgehead atoms. The molecule has 10 heterocycles. The van der Waals surface area contributed by atoms with Crippen molar-refractivity contribution < 1.29 is 17.9 Å². The van der Waals surface area contributed by atoms with Crippen LogP contribution in [0.15, 0.2) is 92.9 Å². The first-order chi connectivity index (χ1) is 41.7. The van der Waals surface area contributed by atoms with Gasteiger partial charge in [0.15, 0.2) is 5.82 Å². The molecule has 0 amide bonds. The van der Waals surface area contributed by atoms with E-state index < -0.39 is 5.76 Å². The fourth-order valence-electron chi connectivity index (χ4n) is 4.07. The number of nitrogen functional groups attached to an aromatic ring is 2. The fraction of sp³-hybridized carbons (Fsp3) is 0.600.